The highest BCUT2D eigenvalue weighted by atomic mass is 16.6. The van der Waals surface area contributed by atoms with Gasteiger partial charge in [-0.3, -0.25) is 4.79 Å². The second kappa shape index (κ2) is 7.34. The Kier molecular flexibility index (Phi) is 5.44. The maximum atomic E-state index is 12.2. The predicted molar refractivity (Wildman–Crippen MR) is 87.3 cm³/mol. The number of ether oxygens (including phenoxy) is 1. The molecule has 1 fully saturated rings. The summed E-state index contributed by atoms with van der Waals surface area (Å²) in [6, 6.07) is -0.0343. The molecule has 2 rings (SSSR count). The van der Waals surface area contributed by atoms with E-state index in [4.69, 9.17) is 11.2 Å². The van der Waals surface area contributed by atoms with E-state index in [2.05, 4.69) is 21.5 Å². The molecule has 8 heteroatoms. The number of carbonyl (C=O) groups excluding carboxylic acids is 2. The van der Waals surface area contributed by atoms with Gasteiger partial charge in [-0.15, -0.1) is 11.5 Å². The van der Waals surface area contributed by atoms with E-state index >= 15 is 0 Å². The van der Waals surface area contributed by atoms with Gasteiger partial charge in [-0.05, 0) is 33.6 Å². The first kappa shape index (κ1) is 17.8. The Morgan fingerprint density at radius 2 is 2.25 bits per heavy atom. The number of nitrogens with zero attached hydrogens (tertiary/aromatic N) is 4. The fourth-order valence-corrected chi connectivity index (χ4v) is 2.44. The zero-order valence-corrected chi connectivity index (χ0v) is 14.3. The van der Waals surface area contributed by atoms with Crippen molar-refractivity contribution in [2.45, 2.75) is 45.3 Å². The van der Waals surface area contributed by atoms with Crippen LogP contribution in [0.25, 0.3) is 0 Å². The summed E-state index contributed by atoms with van der Waals surface area (Å²) >= 11 is 0. The van der Waals surface area contributed by atoms with Crippen LogP contribution in [-0.2, 0) is 4.74 Å². The molecule has 0 aromatic carbocycles. The Bertz CT molecular complexity index is 641. The third-order valence-corrected chi connectivity index (χ3v) is 3.52. The van der Waals surface area contributed by atoms with Crippen LogP contribution in [0.5, 0.6) is 0 Å². The summed E-state index contributed by atoms with van der Waals surface area (Å²) in [5, 5.41) is 10.4. The minimum atomic E-state index is -0.528. The number of nitrogens with one attached hydrogen (secondary N) is 1. The lowest BCUT2D eigenvalue weighted by atomic mass is 10.1. The monoisotopic (exact) mass is 333 g/mol. The molecular weight excluding hydrogens is 310 g/mol. The lowest BCUT2D eigenvalue weighted by Gasteiger charge is -2.33. The smallest absolute Gasteiger partial charge is 0.410 e. The van der Waals surface area contributed by atoms with Crippen LogP contribution in [-0.4, -0.2) is 57.1 Å². The van der Waals surface area contributed by atoms with Crippen molar-refractivity contribution in [3.05, 3.63) is 11.9 Å². The molecule has 1 unspecified atom stereocenters. The minimum Gasteiger partial charge on any atom is -0.444 e. The highest BCUT2D eigenvalue weighted by Crippen LogP contribution is 2.22. The first-order valence-electron chi connectivity index (χ1n) is 7.91. The second-order valence-corrected chi connectivity index (χ2v) is 6.69. The van der Waals surface area contributed by atoms with E-state index in [1.165, 1.54) is 0 Å². The average Bonchev–Trinajstić information content (AvgIpc) is 3.01. The Hall–Kier alpha value is -2.56. The molecule has 1 aromatic heterocycles. The molecule has 24 heavy (non-hydrogen) atoms. The number of carbonyl (C=O) groups is 2. The molecule has 2 heterocycles. The summed E-state index contributed by atoms with van der Waals surface area (Å²) in [5.41, 5.74) is -0.320. The number of piperidine rings is 1. The number of aromatic nitrogens is 3. The van der Waals surface area contributed by atoms with Crippen LogP contribution in [0.4, 0.5) is 4.79 Å². The molecule has 1 atom stereocenters. The molecule has 1 aromatic rings. The third kappa shape index (κ3) is 4.72. The normalized spacial score (nSPS) is 17.9. The van der Waals surface area contributed by atoms with Gasteiger partial charge in [0.25, 0.3) is 5.91 Å². The first-order chi connectivity index (χ1) is 11.3. The van der Waals surface area contributed by atoms with Gasteiger partial charge in [0.2, 0.25) is 0 Å². The standard InChI is InChI=1S/C16H23N5O3/c1-5-8-17-14(22)13-11-21(19-18-13)12-7-6-9-20(10-12)15(23)24-16(2,3)4/h1,11-12H,6-10H2,2-4H3,(H,17,22). The van der Waals surface area contributed by atoms with Crippen LogP contribution in [0.3, 0.4) is 0 Å². The summed E-state index contributed by atoms with van der Waals surface area (Å²) in [7, 11) is 0. The molecule has 130 valence electrons. The first-order valence-corrected chi connectivity index (χ1v) is 7.91. The van der Waals surface area contributed by atoms with Crippen LogP contribution in [0.1, 0.15) is 50.1 Å². The number of hydrogen-bond donors (Lipinski definition) is 1. The fraction of sp³-hybridized carbons (Fsp3) is 0.625. The van der Waals surface area contributed by atoms with Gasteiger partial charge < -0.3 is 15.0 Å². The van der Waals surface area contributed by atoms with Gasteiger partial charge in [-0.2, -0.15) is 0 Å². The van der Waals surface area contributed by atoms with E-state index in [0.29, 0.717) is 13.1 Å². The van der Waals surface area contributed by atoms with E-state index in [9.17, 15) is 9.59 Å². The van der Waals surface area contributed by atoms with Gasteiger partial charge in [0.1, 0.15) is 5.60 Å². The molecule has 0 saturated carbocycles. The van der Waals surface area contributed by atoms with E-state index in [1.54, 1.807) is 15.8 Å². The van der Waals surface area contributed by atoms with Crippen LogP contribution >= 0.6 is 0 Å². The van der Waals surface area contributed by atoms with Crippen LogP contribution in [0.2, 0.25) is 0 Å². The quantitative estimate of drug-likeness (QED) is 0.840. The summed E-state index contributed by atoms with van der Waals surface area (Å²) < 4.78 is 7.03. The molecule has 0 aliphatic carbocycles. The molecule has 8 nitrogen and oxygen atoms in total. The molecule has 2 amide bonds. The van der Waals surface area contributed by atoms with Crippen molar-refractivity contribution in [2.24, 2.45) is 0 Å². The molecule has 1 aliphatic heterocycles. The highest BCUT2D eigenvalue weighted by molar-refractivity contribution is 5.91. The topological polar surface area (TPSA) is 89.4 Å². The van der Waals surface area contributed by atoms with Crippen molar-refractivity contribution in [3.8, 4) is 12.3 Å². The Balaban J connectivity index is 2.00. The number of hydrogen-bond acceptors (Lipinski definition) is 5. The Labute approximate surface area is 141 Å². The van der Waals surface area contributed by atoms with Gasteiger partial charge in [0.15, 0.2) is 5.69 Å². The molecule has 1 aliphatic rings. The molecule has 1 saturated heterocycles. The van der Waals surface area contributed by atoms with Crippen molar-refractivity contribution in [3.63, 3.8) is 0 Å². The summed E-state index contributed by atoms with van der Waals surface area (Å²) in [6.45, 7) is 6.78. The maximum Gasteiger partial charge on any atom is 0.410 e. The Morgan fingerprint density at radius 3 is 2.92 bits per heavy atom. The number of terminal acetylenes is 1. The van der Waals surface area contributed by atoms with Crippen molar-refractivity contribution in [1.82, 2.24) is 25.2 Å². The molecule has 0 radical (unpaired) electrons. The van der Waals surface area contributed by atoms with Gasteiger partial charge >= 0.3 is 6.09 Å². The average molecular weight is 333 g/mol. The van der Waals surface area contributed by atoms with Gasteiger partial charge in [-0.25, -0.2) is 9.48 Å². The zero-order valence-electron chi connectivity index (χ0n) is 14.3. The lowest BCUT2D eigenvalue weighted by molar-refractivity contribution is 0.0166. The Morgan fingerprint density at radius 1 is 1.50 bits per heavy atom. The van der Waals surface area contributed by atoms with Crippen molar-refractivity contribution >= 4 is 12.0 Å². The van der Waals surface area contributed by atoms with E-state index < -0.39 is 5.60 Å². The molecule has 1 N–H and O–H groups in total. The van der Waals surface area contributed by atoms with Crippen LogP contribution < -0.4 is 5.32 Å². The van der Waals surface area contributed by atoms with E-state index in [-0.39, 0.29) is 30.3 Å². The largest absolute Gasteiger partial charge is 0.444 e. The predicted octanol–water partition coefficient (Wildman–Crippen LogP) is 1.21. The SMILES string of the molecule is C#CCNC(=O)c1cn(C2CCCN(C(=O)OC(C)(C)C)C2)nn1. The maximum absolute atomic E-state index is 12.2. The molecular formula is C16H23N5O3. The zero-order chi connectivity index (χ0) is 17.7. The third-order valence-electron chi connectivity index (χ3n) is 3.52. The number of rotatable bonds is 3. The molecule has 0 spiro atoms. The van der Waals surface area contributed by atoms with Crippen LogP contribution in [0, 0.1) is 12.3 Å². The van der Waals surface area contributed by atoms with E-state index in [0.717, 1.165) is 12.8 Å². The second-order valence-electron chi connectivity index (χ2n) is 6.69. The fourth-order valence-electron chi connectivity index (χ4n) is 2.44. The van der Waals surface area contributed by atoms with Gasteiger partial charge in [0.05, 0.1) is 18.8 Å². The summed E-state index contributed by atoms with van der Waals surface area (Å²) in [6.07, 6.45) is 8.04. The lowest BCUT2D eigenvalue weighted by Crippen LogP contribution is -2.43. The van der Waals surface area contributed by atoms with Gasteiger partial charge in [-0.1, -0.05) is 11.1 Å². The van der Waals surface area contributed by atoms with Crippen molar-refractivity contribution in [1.29, 1.82) is 0 Å². The highest BCUT2D eigenvalue weighted by Gasteiger charge is 2.29. The molecule has 0 bridgehead atoms. The van der Waals surface area contributed by atoms with Crippen LogP contribution in [0.15, 0.2) is 6.20 Å². The summed E-state index contributed by atoms with van der Waals surface area (Å²) in [5.74, 6) is 1.97. The van der Waals surface area contributed by atoms with Crippen molar-refractivity contribution < 1.29 is 14.3 Å². The minimum absolute atomic E-state index is 0.0343. The van der Waals surface area contributed by atoms with Gasteiger partial charge in [0, 0.05) is 13.1 Å². The summed E-state index contributed by atoms with van der Waals surface area (Å²) in [4.78, 5) is 25.7. The van der Waals surface area contributed by atoms with Crippen molar-refractivity contribution in [2.75, 3.05) is 19.6 Å². The van der Waals surface area contributed by atoms with E-state index in [1.807, 2.05) is 20.8 Å². The number of likely N-dealkylation sites (tertiary alicyclic amines) is 1. The number of amides is 2.